The maximum absolute atomic E-state index is 5.95. The fourth-order valence-electron chi connectivity index (χ4n) is 1.57. The van der Waals surface area contributed by atoms with Crippen molar-refractivity contribution >= 4 is 24.2 Å². The molecule has 0 unspecified atom stereocenters. The minimum absolute atomic E-state index is 0.794. The highest BCUT2D eigenvalue weighted by Crippen LogP contribution is 2.19. The zero-order valence-corrected chi connectivity index (χ0v) is 11.0. The van der Waals surface area contributed by atoms with Gasteiger partial charge in [0.05, 0.1) is 0 Å². The largest absolute Gasteiger partial charge is 0.304 e. The van der Waals surface area contributed by atoms with Gasteiger partial charge in [0.1, 0.15) is 0 Å². The molecule has 0 spiro atoms. The summed E-state index contributed by atoms with van der Waals surface area (Å²) in [5.74, 6) is 0. The lowest BCUT2D eigenvalue weighted by atomic mass is 10.1. The smallest absolute Gasteiger partial charge is 0.0409 e. The average molecular weight is 244 g/mol. The SMILES string of the molecule is CCN(CC)CCc1cc(Cl)ccc1S. The summed E-state index contributed by atoms with van der Waals surface area (Å²) in [7, 11) is 0. The van der Waals surface area contributed by atoms with Crippen LogP contribution in [0.1, 0.15) is 19.4 Å². The van der Waals surface area contributed by atoms with Crippen LogP contribution in [0.15, 0.2) is 23.1 Å². The van der Waals surface area contributed by atoms with E-state index in [0.29, 0.717) is 0 Å². The Hall–Kier alpha value is -0.180. The molecule has 0 aliphatic carbocycles. The molecule has 0 aliphatic heterocycles. The fraction of sp³-hybridized carbons (Fsp3) is 0.500. The molecule has 0 saturated heterocycles. The van der Waals surface area contributed by atoms with Crippen LogP contribution in [0.25, 0.3) is 0 Å². The van der Waals surface area contributed by atoms with Crippen LogP contribution in [0, 0.1) is 0 Å². The summed E-state index contributed by atoms with van der Waals surface area (Å²) < 4.78 is 0. The highest BCUT2D eigenvalue weighted by Gasteiger charge is 2.03. The second-order valence-corrected chi connectivity index (χ2v) is 4.47. The molecule has 0 aromatic heterocycles. The molecule has 0 aliphatic rings. The maximum Gasteiger partial charge on any atom is 0.0409 e. The number of hydrogen-bond acceptors (Lipinski definition) is 2. The van der Waals surface area contributed by atoms with E-state index >= 15 is 0 Å². The van der Waals surface area contributed by atoms with Crippen molar-refractivity contribution in [3.05, 3.63) is 28.8 Å². The second kappa shape index (κ2) is 6.41. The van der Waals surface area contributed by atoms with Crippen molar-refractivity contribution < 1.29 is 0 Å². The molecule has 0 bridgehead atoms. The number of benzene rings is 1. The first-order valence-electron chi connectivity index (χ1n) is 5.37. The molecule has 1 nitrogen and oxygen atoms in total. The Morgan fingerprint density at radius 1 is 1.27 bits per heavy atom. The van der Waals surface area contributed by atoms with Crippen LogP contribution in [0.4, 0.5) is 0 Å². The van der Waals surface area contributed by atoms with Crippen molar-refractivity contribution in [1.29, 1.82) is 0 Å². The molecule has 0 atom stereocenters. The fourth-order valence-corrected chi connectivity index (χ4v) is 2.02. The van der Waals surface area contributed by atoms with Crippen LogP contribution >= 0.6 is 24.2 Å². The van der Waals surface area contributed by atoms with Gasteiger partial charge in [0, 0.05) is 16.5 Å². The molecule has 0 fully saturated rings. The third kappa shape index (κ3) is 4.06. The molecule has 1 aromatic carbocycles. The number of halogens is 1. The summed E-state index contributed by atoms with van der Waals surface area (Å²) in [4.78, 5) is 3.43. The third-order valence-corrected chi connectivity index (χ3v) is 3.30. The van der Waals surface area contributed by atoms with E-state index in [4.69, 9.17) is 11.6 Å². The van der Waals surface area contributed by atoms with Gasteiger partial charge in [-0.05, 0) is 43.3 Å². The first kappa shape index (κ1) is 12.9. The Morgan fingerprint density at radius 2 is 1.93 bits per heavy atom. The Morgan fingerprint density at radius 3 is 2.53 bits per heavy atom. The quantitative estimate of drug-likeness (QED) is 0.775. The zero-order valence-electron chi connectivity index (χ0n) is 9.33. The van der Waals surface area contributed by atoms with Gasteiger partial charge < -0.3 is 4.90 Å². The lowest BCUT2D eigenvalue weighted by Gasteiger charge is -2.18. The Kier molecular flexibility index (Phi) is 5.51. The number of hydrogen-bond donors (Lipinski definition) is 1. The Labute approximate surface area is 103 Å². The molecular formula is C12H18ClNS. The molecule has 1 aromatic rings. The van der Waals surface area contributed by atoms with Crippen molar-refractivity contribution in [2.24, 2.45) is 0 Å². The highest BCUT2D eigenvalue weighted by atomic mass is 35.5. The van der Waals surface area contributed by atoms with Crippen molar-refractivity contribution in [2.45, 2.75) is 25.2 Å². The molecule has 0 N–H and O–H groups in total. The average Bonchev–Trinajstić information content (AvgIpc) is 2.24. The second-order valence-electron chi connectivity index (χ2n) is 3.55. The van der Waals surface area contributed by atoms with Crippen LogP contribution < -0.4 is 0 Å². The van der Waals surface area contributed by atoms with E-state index in [1.165, 1.54) is 5.56 Å². The van der Waals surface area contributed by atoms with Crippen LogP contribution in [0.2, 0.25) is 5.02 Å². The highest BCUT2D eigenvalue weighted by molar-refractivity contribution is 7.80. The van der Waals surface area contributed by atoms with Gasteiger partial charge >= 0.3 is 0 Å². The van der Waals surface area contributed by atoms with E-state index in [1.807, 2.05) is 18.2 Å². The van der Waals surface area contributed by atoms with Gasteiger partial charge in [-0.15, -0.1) is 12.6 Å². The van der Waals surface area contributed by atoms with Crippen molar-refractivity contribution in [3.8, 4) is 0 Å². The molecule has 0 amide bonds. The van der Waals surface area contributed by atoms with Gasteiger partial charge in [-0.25, -0.2) is 0 Å². The van der Waals surface area contributed by atoms with E-state index in [-0.39, 0.29) is 0 Å². The predicted molar refractivity (Wildman–Crippen MR) is 70.2 cm³/mol. The molecular weight excluding hydrogens is 226 g/mol. The van der Waals surface area contributed by atoms with Crippen LogP contribution in [0.5, 0.6) is 0 Å². The maximum atomic E-state index is 5.95. The normalized spacial score (nSPS) is 11.0. The van der Waals surface area contributed by atoms with Gasteiger partial charge in [-0.3, -0.25) is 0 Å². The molecule has 1 rings (SSSR count). The van der Waals surface area contributed by atoms with E-state index in [1.54, 1.807) is 0 Å². The van der Waals surface area contributed by atoms with Crippen molar-refractivity contribution in [3.63, 3.8) is 0 Å². The summed E-state index contributed by atoms with van der Waals surface area (Å²) >= 11 is 10.4. The molecule has 0 heterocycles. The lowest BCUT2D eigenvalue weighted by Crippen LogP contribution is -2.25. The molecule has 3 heteroatoms. The van der Waals surface area contributed by atoms with Crippen molar-refractivity contribution in [2.75, 3.05) is 19.6 Å². The first-order chi connectivity index (χ1) is 7.17. The van der Waals surface area contributed by atoms with Gasteiger partial charge in [0.2, 0.25) is 0 Å². The van der Waals surface area contributed by atoms with Crippen molar-refractivity contribution in [1.82, 2.24) is 4.90 Å². The number of thiol groups is 1. The number of nitrogens with zero attached hydrogens (tertiary/aromatic N) is 1. The molecule has 15 heavy (non-hydrogen) atoms. The van der Waals surface area contributed by atoms with Gasteiger partial charge in [-0.1, -0.05) is 25.4 Å². The van der Waals surface area contributed by atoms with Crippen LogP contribution in [0.3, 0.4) is 0 Å². The Balaban J connectivity index is 2.60. The van der Waals surface area contributed by atoms with E-state index in [2.05, 4.69) is 31.4 Å². The summed E-state index contributed by atoms with van der Waals surface area (Å²) in [6.07, 6.45) is 1.01. The summed E-state index contributed by atoms with van der Waals surface area (Å²) in [6.45, 7) is 7.63. The van der Waals surface area contributed by atoms with E-state index in [0.717, 1.165) is 36.0 Å². The minimum atomic E-state index is 0.794. The number of likely N-dealkylation sites (N-methyl/N-ethyl adjacent to an activating group) is 1. The zero-order chi connectivity index (χ0) is 11.3. The lowest BCUT2D eigenvalue weighted by molar-refractivity contribution is 0.307. The van der Waals surface area contributed by atoms with Crippen LogP contribution in [-0.2, 0) is 6.42 Å². The number of rotatable bonds is 5. The standard InChI is InChI=1S/C12H18ClNS/c1-3-14(4-2)8-7-10-9-11(13)5-6-12(10)15/h5-6,9,15H,3-4,7-8H2,1-2H3. The molecule has 0 radical (unpaired) electrons. The van der Waals surface area contributed by atoms with Gasteiger partial charge in [0.25, 0.3) is 0 Å². The topological polar surface area (TPSA) is 3.24 Å². The monoisotopic (exact) mass is 243 g/mol. The summed E-state index contributed by atoms with van der Waals surface area (Å²) in [6, 6.07) is 5.85. The van der Waals surface area contributed by atoms with Crippen LogP contribution in [-0.4, -0.2) is 24.5 Å². The van der Waals surface area contributed by atoms with E-state index in [9.17, 15) is 0 Å². The molecule has 0 saturated carbocycles. The third-order valence-electron chi connectivity index (χ3n) is 2.63. The van der Waals surface area contributed by atoms with Gasteiger partial charge in [0.15, 0.2) is 0 Å². The summed E-state index contributed by atoms with van der Waals surface area (Å²) in [5.41, 5.74) is 1.23. The summed E-state index contributed by atoms with van der Waals surface area (Å²) in [5, 5.41) is 0.794. The first-order valence-corrected chi connectivity index (χ1v) is 6.19. The Bertz CT molecular complexity index is 310. The predicted octanol–water partition coefficient (Wildman–Crippen LogP) is 3.51. The minimum Gasteiger partial charge on any atom is -0.304 e. The van der Waals surface area contributed by atoms with Gasteiger partial charge in [-0.2, -0.15) is 0 Å². The van der Waals surface area contributed by atoms with E-state index < -0.39 is 0 Å². The molecule has 84 valence electrons.